The highest BCUT2D eigenvalue weighted by molar-refractivity contribution is 7.80. The number of aryl methyl sites for hydroxylation is 2. The molecule has 0 fully saturated rings. The van der Waals surface area contributed by atoms with Gasteiger partial charge in [0.05, 0.1) is 16.8 Å². The fourth-order valence-electron chi connectivity index (χ4n) is 4.74. The average molecular weight is 553 g/mol. The van der Waals surface area contributed by atoms with Crippen molar-refractivity contribution in [1.29, 1.82) is 0 Å². The summed E-state index contributed by atoms with van der Waals surface area (Å²) in [6.45, 7) is 3.75. The summed E-state index contributed by atoms with van der Waals surface area (Å²) in [7, 11) is 1.72. The van der Waals surface area contributed by atoms with E-state index < -0.39 is 17.3 Å². The molecular weight excluding hydrogens is 525 g/mol. The number of nitroso groups, excluding NO2 is 1. The molecule has 0 amide bonds. The van der Waals surface area contributed by atoms with Gasteiger partial charge in [0.2, 0.25) is 5.82 Å². The number of nitrogens with zero attached hydrogens (tertiary/aromatic N) is 3. The van der Waals surface area contributed by atoms with Crippen LogP contribution in [0.15, 0.2) is 76.6 Å². The number of hydrogen-bond donors (Lipinski definition) is 4. The molecule has 0 radical (unpaired) electrons. The predicted octanol–water partition coefficient (Wildman–Crippen LogP) is 5.76. The SMILES string of the molecule is CN/C(=C\N)C(N)(c1ccc2nc(N=O)c(Cc3ccc(C(F)(F)F)cc3)c(S)c2c1)c1ccc(C)nc1C. The summed E-state index contributed by atoms with van der Waals surface area (Å²) in [6, 6.07) is 13.8. The van der Waals surface area contributed by atoms with Crippen LogP contribution in [0.3, 0.4) is 0 Å². The van der Waals surface area contributed by atoms with E-state index in [-0.39, 0.29) is 12.2 Å². The Morgan fingerprint density at radius 2 is 1.72 bits per heavy atom. The first kappa shape index (κ1) is 28.1. The molecule has 4 rings (SSSR count). The highest BCUT2D eigenvalue weighted by atomic mass is 32.1. The van der Waals surface area contributed by atoms with E-state index >= 15 is 0 Å². The van der Waals surface area contributed by atoms with Crippen molar-refractivity contribution in [2.45, 2.75) is 36.9 Å². The number of thiol groups is 1. The van der Waals surface area contributed by atoms with Gasteiger partial charge in [0.15, 0.2) is 0 Å². The number of halogens is 3. The van der Waals surface area contributed by atoms with Crippen molar-refractivity contribution in [3.05, 3.63) is 111 Å². The van der Waals surface area contributed by atoms with Crippen molar-refractivity contribution in [3.63, 3.8) is 0 Å². The Kier molecular flexibility index (Phi) is 7.67. The van der Waals surface area contributed by atoms with Crippen LogP contribution in [0.1, 0.15) is 39.2 Å². The van der Waals surface area contributed by atoms with Gasteiger partial charge >= 0.3 is 6.18 Å². The largest absolute Gasteiger partial charge is 0.416 e. The average Bonchev–Trinajstić information content (AvgIpc) is 2.90. The fourth-order valence-corrected chi connectivity index (χ4v) is 5.10. The van der Waals surface area contributed by atoms with E-state index in [0.29, 0.717) is 38.2 Å². The topological polar surface area (TPSA) is 119 Å². The minimum absolute atomic E-state index is 0.0875. The van der Waals surface area contributed by atoms with Crippen LogP contribution in [-0.4, -0.2) is 17.0 Å². The van der Waals surface area contributed by atoms with Gasteiger partial charge in [-0.1, -0.05) is 24.3 Å². The Labute approximate surface area is 228 Å². The Balaban J connectivity index is 1.90. The number of nitrogens with two attached hydrogens (primary N) is 2. The molecule has 202 valence electrons. The Morgan fingerprint density at radius 3 is 2.28 bits per heavy atom. The first-order valence-corrected chi connectivity index (χ1v) is 12.4. The fraction of sp³-hybridized carbons (Fsp3) is 0.214. The quantitative estimate of drug-likeness (QED) is 0.171. The molecule has 4 aromatic rings. The zero-order chi connectivity index (χ0) is 28.5. The van der Waals surface area contributed by atoms with Gasteiger partial charge in [-0.3, -0.25) is 4.98 Å². The summed E-state index contributed by atoms with van der Waals surface area (Å²) in [5.41, 5.74) is 16.0. The van der Waals surface area contributed by atoms with Crippen LogP contribution < -0.4 is 16.8 Å². The van der Waals surface area contributed by atoms with Crippen molar-refractivity contribution in [1.82, 2.24) is 15.3 Å². The number of benzene rings is 2. The molecule has 5 N–H and O–H groups in total. The minimum Gasteiger partial charge on any atom is -0.403 e. The smallest absolute Gasteiger partial charge is 0.403 e. The second-order valence-electron chi connectivity index (χ2n) is 9.18. The number of nitrogens with one attached hydrogen (secondary N) is 1. The summed E-state index contributed by atoms with van der Waals surface area (Å²) in [4.78, 5) is 21.1. The van der Waals surface area contributed by atoms with Crippen LogP contribution in [0, 0.1) is 18.8 Å². The molecule has 0 saturated heterocycles. The summed E-state index contributed by atoms with van der Waals surface area (Å²) in [5, 5.41) is 6.74. The number of likely N-dealkylation sites (N-methyl/N-ethyl adjacent to an activating group) is 1. The van der Waals surface area contributed by atoms with Gasteiger partial charge in [0, 0.05) is 52.5 Å². The third-order valence-corrected chi connectivity index (χ3v) is 7.26. The molecule has 1 unspecified atom stereocenters. The molecule has 0 spiro atoms. The lowest BCUT2D eigenvalue weighted by atomic mass is 9.79. The Bertz CT molecular complexity index is 1590. The van der Waals surface area contributed by atoms with E-state index in [2.05, 4.69) is 20.5 Å². The molecule has 0 aliphatic rings. The van der Waals surface area contributed by atoms with Gasteiger partial charge in [-0.05, 0) is 60.5 Å². The number of alkyl halides is 3. The molecule has 2 aromatic carbocycles. The zero-order valence-corrected chi connectivity index (χ0v) is 22.4. The molecule has 0 bridgehead atoms. The van der Waals surface area contributed by atoms with Gasteiger partial charge < -0.3 is 16.8 Å². The van der Waals surface area contributed by atoms with Crippen molar-refractivity contribution in [2.75, 3.05) is 7.05 Å². The maximum atomic E-state index is 13.0. The second kappa shape index (κ2) is 10.7. The van der Waals surface area contributed by atoms with Crippen molar-refractivity contribution in [2.24, 2.45) is 16.6 Å². The highest BCUT2D eigenvalue weighted by Crippen LogP contribution is 2.39. The highest BCUT2D eigenvalue weighted by Gasteiger charge is 2.36. The Morgan fingerprint density at radius 1 is 1.05 bits per heavy atom. The van der Waals surface area contributed by atoms with Gasteiger partial charge in [-0.15, -0.1) is 17.5 Å². The number of pyridine rings is 2. The van der Waals surface area contributed by atoms with Gasteiger partial charge in [0.25, 0.3) is 0 Å². The number of rotatable bonds is 7. The molecular formula is C28H27F3N6OS. The van der Waals surface area contributed by atoms with Crippen LogP contribution in [0.2, 0.25) is 0 Å². The lowest BCUT2D eigenvalue weighted by Gasteiger charge is -2.34. The van der Waals surface area contributed by atoms with E-state index in [9.17, 15) is 18.1 Å². The summed E-state index contributed by atoms with van der Waals surface area (Å²) >= 11 is 4.72. The number of fused-ring (bicyclic) bond motifs is 1. The first-order chi connectivity index (χ1) is 18.4. The second-order valence-corrected chi connectivity index (χ2v) is 9.63. The lowest BCUT2D eigenvalue weighted by Crippen LogP contribution is -2.45. The standard InChI is InChI=1S/C28H27F3N6OS/c1-15-4-10-22(16(2)35-15)27(33,24(14-32)34-3)19-9-11-23-20(13-19)25(39)21(26(36-23)37-38)12-17-5-7-18(8-6-17)28(29,30)31/h4-11,13-14,34H,12,32-33H2,1-3H3,(H,36,39)/b24-14-. The summed E-state index contributed by atoms with van der Waals surface area (Å²) in [5.74, 6) is -0.0875. The monoisotopic (exact) mass is 552 g/mol. The molecule has 39 heavy (non-hydrogen) atoms. The summed E-state index contributed by atoms with van der Waals surface area (Å²) in [6.07, 6.45) is -2.95. The molecule has 2 heterocycles. The third-order valence-electron chi connectivity index (χ3n) is 6.75. The Hall–Kier alpha value is -3.96. The number of hydrogen-bond acceptors (Lipinski definition) is 8. The lowest BCUT2D eigenvalue weighted by molar-refractivity contribution is -0.137. The van der Waals surface area contributed by atoms with E-state index in [0.717, 1.165) is 29.1 Å². The van der Waals surface area contributed by atoms with Crippen LogP contribution in [-0.2, 0) is 18.1 Å². The van der Waals surface area contributed by atoms with Gasteiger partial charge in [-0.25, -0.2) is 4.98 Å². The van der Waals surface area contributed by atoms with Gasteiger partial charge in [-0.2, -0.15) is 13.2 Å². The van der Waals surface area contributed by atoms with Crippen molar-refractivity contribution >= 4 is 29.3 Å². The molecule has 11 heteroatoms. The molecule has 0 aliphatic carbocycles. The van der Waals surface area contributed by atoms with Crippen LogP contribution in [0.25, 0.3) is 10.9 Å². The van der Waals surface area contributed by atoms with Gasteiger partial charge in [0.1, 0.15) is 5.54 Å². The van der Waals surface area contributed by atoms with E-state index in [4.69, 9.17) is 24.1 Å². The van der Waals surface area contributed by atoms with E-state index in [1.165, 1.54) is 18.3 Å². The summed E-state index contributed by atoms with van der Waals surface area (Å²) < 4.78 is 39.0. The molecule has 1 atom stereocenters. The van der Waals surface area contributed by atoms with Crippen LogP contribution in [0.4, 0.5) is 19.0 Å². The van der Waals surface area contributed by atoms with Crippen LogP contribution >= 0.6 is 12.6 Å². The molecule has 7 nitrogen and oxygen atoms in total. The molecule has 2 aromatic heterocycles. The number of aromatic nitrogens is 2. The van der Waals surface area contributed by atoms with Crippen molar-refractivity contribution in [3.8, 4) is 0 Å². The van der Waals surface area contributed by atoms with Crippen LogP contribution in [0.5, 0.6) is 0 Å². The predicted molar refractivity (Wildman–Crippen MR) is 149 cm³/mol. The normalized spacial score (nSPS) is 13.8. The third kappa shape index (κ3) is 5.19. The first-order valence-electron chi connectivity index (χ1n) is 11.9. The van der Waals surface area contributed by atoms with Crippen molar-refractivity contribution < 1.29 is 13.2 Å². The minimum atomic E-state index is -4.45. The molecule has 0 aliphatic heterocycles. The maximum Gasteiger partial charge on any atom is 0.416 e. The molecule has 0 saturated carbocycles. The van der Waals surface area contributed by atoms with E-state index in [1.807, 2.05) is 32.0 Å². The maximum absolute atomic E-state index is 13.0. The zero-order valence-electron chi connectivity index (χ0n) is 21.5. The van der Waals surface area contributed by atoms with E-state index in [1.54, 1.807) is 19.2 Å².